The molecule has 0 unspecified atom stereocenters. The van der Waals surface area contributed by atoms with Crippen molar-refractivity contribution in [3.8, 4) is 0 Å². The minimum Gasteiger partial charge on any atom is -0.465 e. The van der Waals surface area contributed by atoms with Gasteiger partial charge in [0.2, 0.25) is 0 Å². The van der Waals surface area contributed by atoms with Crippen molar-refractivity contribution in [2.45, 2.75) is 20.8 Å². The maximum atomic E-state index is 12.1. The van der Waals surface area contributed by atoms with Gasteiger partial charge in [-0.3, -0.25) is 0 Å². The molecule has 9 heteroatoms. The van der Waals surface area contributed by atoms with Crippen LogP contribution >= 0.6 is 23.6 Å². The molecule has 2 aromatic rings. The molecule has 2 aromatic heterocycles. The molecule has 0 radical (unpaired) electrons. The van der Waals surface area contributed by atoms with Crippen LogP contribution in [0.3, 0.4) is 0 Å². The number of pyridine rings is 1. The fraction of sp³-hybridized carbons (Fsp3) is 0.294. The fourth-order valence-electron chi connectivity index (χ4n) is 2.39. The Morgan fingerprint density at radius 3 is 2.31 bits per heavy atom. The van der Waals surface area contributed by atoms with Crippen molar-refractivity contribution >= 4 is 51.4 Å². The molecule has 0 spiro atoms. The molecule has 7 nitrogen and oxygen atoms in total. The summed E-state index contributed by atoms with van der Waals surface area (Å²) in [5.74, 6) is -0.509. The molecule has 0 aliphatic heterocycles. The van der Waals surface area contributed by atoms with E-state index in [1.54, 1.807) is 6.92 Å². The lowest BCUT2D eigenvalue weighted by Crippen LogP contribution is -2.21. The second-order valence-corrected chi connectivity index (χ2v) is 6.92. The standard InChI is InChI=1S/C17H19N3O4S2/c1-8-6-9(2)18-11(7-8)19-17(25)20-14-12(15(21)23-4)10(3)13(26-14)16(22)24-5/h6-7H,1-5H3,(H2,18,19,20,25). The summed E-state index contributed by atoms with van der Waals surface area (Å²) in [5, 5.41) is 6.56. The van der Waals surface area contributed by atoms with E-state index in [4.69, 9.17) is 21.7 Å². The Morgan fingerprint density at radius 1 is 1.08 bits per heavy atom. The molecule has 0 aliphatic rings. The molecule has 0 saturated carbocycles. The summed E-state index contributed by atoms with van der Waals surface area (Å²) in [6.45, 7) is 5.49. The van der Waals surface area contributed by atoms with Gasteiger partial charge in [-0.05, 0) is 56.2 Å². The van der Waals surface area contributed by atoms with Gasteiger partial charge in [0, 0.05) is 5.69 Å². The van der Waals surface area contributed by atoms with Crippen LogP contribution in [0.4, 0.5) is 10.8 Å². The molecule has 0 fully saturated rings. The number of ether oxygens (including phenoxy) is 2. The van der Waals surface area contributed by atoms with Crippen LogP contribution in [0, 0.1) is 20.8 Å². The molecule has 2 heterocycles. The van der Waals surface area contributed by atoms with Gasteiger partial charge in [0.05, 0.1) is 19.8 Å². The molecule has 26 heavy (non-hydrogen) atoms. The number of thiocarbonyl (C=S) groups is 1. The molecule has 0 aliphatic carbocycles. The van der Waals surface area contributed by atoms with Crippen LogP contribution in [-0.4, -0.2) is 36.3 Å². The Balaban J connectivity index is 2.31. The number of esters is 2. The lowest BCUT2D eigenvalue weighted by Gasteiger charge is -2.11. The Kier molecular flexibility index (Phi) is 6.27. The summed E-state index contributed by atoms with van der Waals surface area (Å²) >= 11 is 6.38. The molecular formula is C17H19N3O4S2. The Bertz CT molecular complexity index is 857. The summed E-state index contributed by atoms with van der Waals surface area (Å²) in [4.78, 5) is 28.7. The number of nitrogens with zero attached hydrogens (tertiary/aromatic N) is 1. The number of nitrogens with one attached hydrogen (secondary N) is 2. The zero-order valence-corrected chi connectivity index (χ0v) is 16.7. The third-order valence-corrected chi connectivity index (χ3v) is 4.86. The van der Waals surface area contributed by atoms with Crippen molar-refractivity contribution in [2.75, 3.05) is 24.9 Å². The number of hydrogen-bond donors (Lipinski definition) is 2. The average Bonchev–Trinajstić information content (AvgIpc) is 2.88. The summed E-state index contributed by atoms with van der Waals surface area (Å²) in [6, 6.07) is 3.80. The average molecular weight is 393 g/mol. The van der Waals surface area contributed by atoms with Crippen molar-refractivity contribution < 1.29 is 19.1 Å². The lowest BCUT2D eigenvalue weighted by atomic mass is 10.1. The van der Waals surface area contributed by atoms with E-state index in [0.717, 1.165) is 22.6 Å². The molecule has 0 aromatic carbocycles. The van der Waals surface area contributed by atoms with Crippen molar-refractivity contribution in [2.24, 2.45) is 0 Å². The zero-order chi connectivity index (χ0) is 19.4. The number of thiophene rings is 1. The van der Waals surface area contributed by atoms with Gasteiger partial charge in [0.25, 0.3) is 0 Å². The first-order valence-corrected chi connectivity index (χ1v) is 8.82. The number of hydrogen-bond acceptors (Lipinski definition) is 7. The van der Waals surface area contributed by atoms with E-state index in [-0.39, 0.29) is 10.7 Å². The van der Waals surface area contributed by atoms with E-state index < -0.39 is 11.9 Å². The number of carbonyl (C=O) groups is 2. The summed E-state index contributed by atoms with van der Waals surface area (Å²) < 4.78 is 9.57. The highest BCUT2D eigenvalue weighted by atomic mass is 32.1. The maximum absolute atomic E-state index is 12.1. The number of aryl methyl sites for hydroxylation is 2. The topological polar surface area (TPSA) is 89.5 Å². The van der Waals surface area contributed by atoms with Gasteiger partial charge in [-0.2, -0.15) is 0 Å². The third kappa shape index (κ3) is 4.36. The van der Waals surface area contributed by atoms with Crippen molar-refractivity contribution in [3.63, 3.8) is 0 Å². The van der Waals surface area contributed by atoms with Crippen LogP contribution in [-0.2, 0) is 9.47 Å². The van der Waals surface area contributed by atoms with Gasteiger partial charge in [0.1, 0.15) is 15.7 Å². The van der Waals surface area contributed by atoms with Crippen molar-refractivity contribution in [1.82, 2.24) is 4.98 Å². The molecular weight excluding hydrogens is 374 g/mol. The Morgan fingerprint density at radius 2 is 1.73 bits per heavy atom. The molecule has 138 valence electrons. The first-order valence-electron chi connectivity index (χ1n) is 7.60. The quantitative estimate of drug-likeness (QED) is 0.603. The normalized spacial score (nSPS) is 10.2. The molecule has 0 atom stereocenters. The van der Waals surface area contributed by atoms with Gasteiger partial charge in [-0.25, -0.2) is 14.6 Å². The van der Waals surface area contributed by atoms with Crippen LogP contribution in [0.1, 0.15) is 36.9 Å². The highest BCUT2D eigenvalue weighted by molar-refractivity contribution is 7.80. The number of aromatic nitrogens is 1. The van der Waals surface area contributed by atoms with E-state index in [1.165, 1.54) is 14.2 Å². The zero-order valence-electron chi connectivity index (χ0n) is 15.1. The molecule has 0 amide bonds. The first kappa shape index (κ1) is 19.8. The van der Waals surface area contributed by atoms with Crippen LogP contribution in [0.2, 0.25) is 0 Å². The summed E-state index contributed by atoms with van der Waals surface area (Å²) in [5.41, 5.74) is 2.61. The van der Waals surface area contributed by atoms with Gasteiger partial charge in [0.15, 0.2) is 5.11 Å². The number of methoxy groups -OCH3 is 2. The number of rotatable bonds is 4. The van der Waals surface area contributed by atoms with Crippen LogP contribution in [0.25, 0.3) is 0 Å². The van der Waals surface area contributed by atoms with Gasteiger partial charge in [-0.15, -0.1) is 11.3 Å². The van der Waals surface area contributed by atoms with Gasteiger partial charge < -0.3 is 20.1 Å². The van der Waals surface area contributed by atoms with Crippen molar-refractivity contribution in [1.29, 1.82) is 0 Å². The highest BCUT2D eigenvalue weighted by Crippen LogP contribution is 2.34. The largest absolute Gasteiger partial charge is 0.465 e. The van der Waals surface area contributed by atoms with E-state index in [1.807, 2.05) is 26.0 Å². The number of anilines is 2. The molecule has 0 saturated heterocycles. The second kappa shape index (κ2) is 8.24. The van der Waals surface area contributed by atoms with E-state index in [9.17, 15) is 9.59 Å². The van der Waals surface area contributed by atoms with Crippen LogP contribution in [0.5, 0.6) is 0 Å². The van der Waals surface area contributed by atoms with Crippen LogP contribution < -0.4 is 10.6 Å². The van der Waals surface area contributed by atoms with Crippen molar-refractivity contribution in [3.05, 3.63) is 39.4 Å². The summed E-state index contributed by atoms with van der Waals surface area (Å²) in [7, 11) is 2.56. The molecule has 2 N–H and O–H groups in total. The van der Waals surface area contributed by atoms with E-state index >= 15 is 0 Å². The fourth-order valence-corrected chi connectivity index (χ4v) is 3.78. The van der Waals surface area contributed by atoms with E-state index in [0.29, 0.717) is 21.3 Å². The lowest BCUT2D eigenvalue weighted by molar-refractivity contribution is 0.0601. The monoisotopic (exact) mass is 393 g/mol. The predicted octanol–water partition coefficient (Wildman–Crippen LogP) is 3.45. The molecule has 0 bridgehead atoms. The minimum absolute atomic E-state index is 0.241. The minimum atomic E-state index is -0.566. The SMILES string of the molecule is COC(=O)c1sc(NC(=S)Nc2cc(C)cc(C)n2)c(C(=O)OC)c1C. The van der Waals surface area contributed by atoms with Crippen LogP contribution in [0.15, 0.2) is 12.1 Å². The smallest absolute Gasteiger partial charge is 0.348 e. The second-order valence-electron chi connectivity index (χ2n) is 5.49. The number of carbonyl (C=O) groups excluding carboxylic acids is 2. The third-order valence-electron chi connectivity index (χ3n) is 3.47. The summed E-state index contributed by atoms with van der Waals surface area (Å²) in [6.07, 6.45) is 0. The van der Waals surface area contributed by atoms with E-state index in [2.05, 4.69) is 15.6 Å². The Labute approximate surface area is 160 Å². The van der Waals surface area contributed by atoms with Gasteiger partial charge in [-0.1, -0.05) is 0 Å². The van der Waals surface area contributed by atoms with Gasteiger partial charge >= 0.3 is 11.9 Å². The predicted molar refractivity (Wildman–Crippen MR) is 105 cm³/mol. The highest BCUT2D eigenvalue weighted by Gasteiger charge is 2.26. The first-order chi connectivity index (χ1) is 12.3. The molecule has 2 rings (SSSR count). The maximum Gasteiger partial charge on any atom is 0.348 e. The Hall–Kier alpha value is -2.52.